The van der Waals surface area contributed by atoms with Crippen LogP contribution in [0.2, 0.25) is 0 Å². The highest BCUT2D eigenvalue weighted by Crippen LogP contribution is 2.31. The molecule has 0 bridgehead atoms. The van der Waals surface area contributed by atoms with Gasteiger partial charge in [0.15, 0.2) is 11.5 Å². The lowest BCUT2D eigenvalue weighted by Gasteiger charge is -2.14. The molecule has 0 unspecified atom stereocenters. The Bertz CT molecular complexity index is 1440. The molecule has 1 aromatic heterocycles. The molecule has 0 fully saturated rings. The molecule has 4 aromatic rings. The minimum absolute atomic E-state index is 0.0256. The Hall–Kier alpha value is -4.66. The van der Waals surface area contributed by atoms with Crippen molar-refractivity contribution in [1.29, 1.82) is 0 Å². The van der Waals surface area contributed by atoms with Crippen LogP contribution in [0, 0.1) is 10.1 Å². The quantitative estimate of drug-likeness (QED) is 0.289. The number of aromatic amines is 1. The maximum Gasteiger partial charge on any atom is 0.395 e. The molecular formula is C25H21N3O6. The summed E-state index contributed by atoms with van der Waals surface area (Å²) in [4.78, 5) is 27.5. The van der Waals surface area contributed by atoms with E-state index in [2.05, 4.69) is 28.2 Å². The lowest BCUT2D eigenvalue weighted by molar-refractivity contribution is -0.387. The Morgan fingerprint density at radius 1 is 1.06 bits per heavy atom. The second kappa shape index (κ2) is 9.86. The van der Waals surface area contributed by atoms with E-state index in [1.165, 1.54) is 6.08 Å². The highest BCUT2D eigenvalue weighted by Gasteiger charge is 2.21. The number of hydrogen-bond acceptors (Lipinski definition) is 7. The number of nitrogens with zero attached hydrogens (tertiary/aromatic N) is 2. The molecule has 9 heteroatoms. The van der Waals surface area contributed by atoms with Crippen molar-refractivity contribution in [1.82, 2.24) is 9.97 Å². The van der Waals surface area contributed by atoms with Crippen LogP contribution in [0.1, 0.15) is 23.9 Å². The van der Waals surface area contributed by atoms with Gasteiger partial charge in [-0.2, -0.15) is 4.98 Å². The van der Waals surface area contributed by atoms with Crippen LogP contribution in [0.5, 0.6) is 17.4 Å². The molecule has 0 atom stereocenters. The molecule has 9 nitrogen and oxygen atoms in total. The molecule has 172 valence electrons. The van der Waals surface area contributed by atoms with Crippen molar-refractivity contribution in [2.24, 2.45) is 0 Å². The van der Waals surface area contributed by atoms with Crippen LogP contribution in [0.4, 0.5) is 5.69 Å². The monoisotopic (exact) mass is 459 g/mol. The van der Waals surface area contributed by atoms with Gasteiger partial charge in [0.1, 0.15) is 12.4 Å². The standard InChI is InChI=1S/C25H21N3O6/c1-2-33-21-14-16(11-13-22-26-24(29)23(28(31)32)25(30)27-22)10-12-20(21)34-15-18-8-5-7-17-6-3-4-9-19(17)18/h3-14H,2,15H2,1H3,(H2,26,27,29,30)/b13-11-. The van der Waals surface area contributed by atoms with Crippen LogP contribution in [0.25, 0.3) is 22.9 Å². The van der Waals surface area contributed by atoms with Crippen LogP contribution in [0.15, 0.2) is 65.5 Å². The molecule has 0 aliphatic carbocycles. The lowest BCUT2D eigenvalue weighted by Crippen LogP contribution is -2.14. The average Bonchev–Trinajstić information content (AvgIpc) is 2.81. The van der Waals surface area contributed by atoms with E-state index in [-0.39, 0.29) is 5.82 Å². The predicted octanol–water partition coefficient (Wildman–Crippen LogP) is 4.69. The summed E-state index contributed by atoms with van der Waals surface area (Å²) < 4.78 is 11.8. The summed E-state index contributed by atoms with van der Waals surface area (Å²) in [6, 6.07) is 19.5. The number of fused-ring (bicyclic) bond motifs is 1. The first-order valence-corrected chi connectivity index (χ1v) is 10.5. The molecule has 0 spiro atoms. The van der Waals surface area contributed by atoms with E-state index in [0.29, 0.717) is 30.3 Å². The van der Waals surface area contributed by atoms with Gasteiger partial charge in [-0.3, -0.25) is 14.9 Å². The third-order valence-corrected chi connectivity index (χ3v) is 5.04. The average molecular weight is 459 g/mol. The first-order valence-electron chi connectivity index (χ1n) is 10.5. The fraction of sp³-hybridized carbons (Fsp3) is 0.120. The van der Waals surface area contributed by atoms with Crippen LogP contribution in [-0.4, -0.2) is 26.6 Å². The molecule has 34 heavy (non-hydrogen) atoms. The number of benzene rings is 3. The van der Waals surface area contributed by atoms with Gasteiger partial charge in [-0.1, -0.05) is 54.6 Å². The van der Waals surface area contributed by atoms with Gasteiger partial charge < -0.3 is 19.6 Å². The summed E-state index contributed by atoms with van der Waals surface area (Å²) in [6.45, 7) is 2.66. The van der Waals surface area contributed by atoms with Crippen molar-refractivity contribution in [3.05, 3.63) is 98.1 Å². The molecular weight excluding hydrogens is 438 g/mol. The van der Waals surface area contributed by atoms with Gasteiger partial charge in [0.25, 0.3) is 5.88 Å². The predicted molar refractivity (Wildman–Crippen MR) is 128 cm³/mol. The summed E-state index contributed by atoms with van der Waals surface area (Å²) >= 11 is 0. The van der Waals surface area contributed by atoms with Crippen molar-refractivity contribution in [3.8, 4) is 17.4 Å². The zero-order valence-corrected chi connectivity index (χ0v) is 18.2. The van der Waals surface area contributed by atoms with E-state index < -0.39 is 22.0 Å². The minimum Gasteiger partial charge on any atom is -0.490 e. The SMILES string of the molecule is CCOc1cc(/C=C\c2nc(O)c([N+](=O)[O-])c(=O)[nH]2)ccc1OCc1cccc2ccccc12. The van der Waals surface area contributed by atoms with Crippen LogP contribution >= 0.6 is 0 Å². The maximum atomic E-state index is 11.8. The topological polar surface area (TPSA) is 128 Å². The first-order chi connectivity index (χ1) is 16.5. The van der Waals surface area contributed by atoms with E-state index in [1.54, 1.807) is 24.3 Å². The maximum absolute atomic E-state index is 11.8. The van der Waals surface area contributed by atoms with Gasteiger partial charge in [-0.05, 0) is 47.0 Å². The number of H-pyrrole nitrogens is 1. The summed E-state index contributed by atoms with van der Waals surface area (Å²) in [5, 5.41) is 22.7. The third kappa shape index (κ3) is 4.88. The number of rotatable bonds is 8. The van der Waals surface area contributed by atoms with Crippen molar-refractivity contribution < 1.29 is 19.5 Å². The first kappa shape index (κ1) is 22.5. The number of aromatic nitrogens is 2. The fourth-order valence-electron chi connectivity index (χ4n) is 3.48. The highest BCUT2D eigenvalue weighted by atomic mass is 16.6. The van der Waals surface area contributed by atoms with Crippen molar-refractivity contribution >= 4 is 28.6 Å². The van der Waals surface area contributed by atoms with Gasteiger partial charge in [0.05, 0.1) is 11.5 Å². The summed E-state index contributed by atoms with van der Waals surface area (Å²) in [7, 11) is 0. The smallest absolute Gasteiger partial charge is 0.395 e. The van der Waals surface area contributed by atoms with Gasteiger partial charge in [-0.15, -0.1) is 0 Å². The van der Waals surface area contributed by atoms with Gasteiger partial charge >= 0.3 is 11.2 Å². The van der Waals surface area contributed by atoms with Gasteiger partial charge in [-0.25, -0.2) is 0 Å². The molecule has 4 rings (SSSR count). The van der Waals surface area contributed by atoms with Crippen LogP contribution in [0.3, 0.4) is 0 Å². The van der Waals surface area contributed by atoms with Crippen molar-refractivity contribution in [2.45, 2.75) is 13.5 Å². The van der Waals surface area contributed by atoms with E-state index in [9.17, 15) is 20.0 Å². The van der Waals surface area contributed by atoms with E-state index in [4.69, 9.17) is 9.47 Å². The summed E-state index contributed by atoms with van der Waals surface area (Å²) in [6.07, 6.45) is 3.05. The fourth-order valence-corrected chi connectivity index (χ4v) is 3.48. The van der Waals surface area contributed by atoms with E-state index in [1.807, 2.05) is 31.2 Å². The number of aromatic hydroxyl groups is 1. The molecule has 0 saturated heterocycles. The normalized spacial score (nSPS) is 11.1. The van der Waals surface area contributed by atoms with Crippen LogP contribution < -0.4 is 15.0 Å². The lowest BCUT2D eigenvalue weighted by atomic mass is 10.1. The third-order valence-electron chi connectivity index (χ3n) is 5.04. The van der Waals surface area contributed by atoms with Crippen LogP contribution in [-0.2, 0) is 6.61 Å². The minimum atomic E-state index is -1.04. The largest absolute Gasteiger partial charge is 0.490 e. The molecule has 0 aliphatic rings. The number of ether oxygens (including phenoxy) is 2. The molecule has 0 aliphatic heterocycles. The Morgan fingerprint density at radius 2 is 1.85 bits per heavy atom. The molecule has 2 N–H and O–H groups in total. The summed E-state index contributed by atoms with van der Waals surface area (Å²) in [5.41, 5.74) is -0.271. The zero-order valence-electron chi connectivity index (χ0n) is 18.2. The van der Waals surface area contributed by atoms with E-state index >= 15 is 0 Å². The molecule has 0 amide bonds. The Balaban J connectivity index is 1.56. The molecule has 0 saturated carbocycles. The summed E-state index contributed by atoms with van der Waals surface area (Å²) in [5.74, 6) is 0.146. The second-order valence-electron chi connectivity index (χ2n) is 7.28. The van der Waals surface area contributed by atoms with Gasteiger partial charge in [0.2, 0.25) is 0 Å². The van der Waals surface area contributed by atoms with Crippen molar-refractivity contribution in [2.75, 3.05) is 6.61 Å². The highest BCUT2D eigenvalue weighted by molar-refractivity contribution is 5.85. The Kier molecular flexibility index (Phi) is 6.54. The molecule has 0 radical (unpaired) electrons. The van der Waals surface area contributed by atoms with Crippen molar-refractivity contribution in [3.63, 3.8) is 0 Å². The molecule has 3 aromatic carbocycles. The number of hydrogen-bond donors (Lipinski definition) is 2. The van der Waals surface area contributed by atoms with Gasteiger partial charge in [0, 0.05) is 0 Å². The Labute approximate surface area is 194 Å². The van der Waals surface area contributed by atoms with E-state index in [0.717, 1.165) is 16.3 Å². The molecule has 1 heterocycles. The number of nitrogens with one attached hydrogen (secondary N) is 1. The second-order valence-corrected chi connectivity index (χ2v) is 7.28. The zero-order chi connectivity index (χ0) is 24.1. The Morgan fingerprint density at radius 3 is 2.62 bits per heavy atom. The number of nitro groups is 1.